The van der Waals surface area contributed by atoms with E-state index < -0.39 is 5.97 Å². The third-order valence-electron chi connectivity index (χ3n) is 2.12. The topological polar surface area (TPSA) is 62.3 Å². The van der Waals surface area contributed by atoms with Gasteiger partial charge < -0.3 is 14.8 Å². The molecule has 5 heteroatoms. The molecule has 1 heterocycles. The first-order chi connectivity index (χ1) is 7.13. The molecule has 1 aromatic carbocycles. The van der Waals surface area contributed by atoms with Crippen LogP contribution in [0.2, 0.25) is 5.02 Å². The van der Waals surface area contributed by atoms with E-state index in [2.05, 4.69) is 9.72 Å². The van der Waals surface area contributed by atoms with Crippen molar-refractivity contribution in [2.45, 2.75) is 0 Å². The predicted molar refractivity (Wildman–Crippen MR) is 56.3 cm³/mol. The Morgan fingerprint density at radius 1 is 1.53 bits per heavy atom. The Kier molecular flexibility index (Phi) is 2.28. The lowest BCUT2D eigenvalue weighted by molar-refractivity contribution is 0.0592. The molecule has 2 rings (SSSR count). The number of ether oxygens (including phenoxy) is 1. The highest BCUT2D eigenvalue weighted by Crippen LogP contribution is 2.30. The number of carbonyl (C=O) groups excluding carboxylic acids is 1. The Morgan fingerprint density at radius 3 is 2.93 bits per heavy atom. The first-order valence-electron chi connectivity index (χ1n) is 4.22. The average Bonchev–Trinajstić information content (AvgIpc) is 2.54. The maximum absolute atomic E-state index is 11.2. The molecule has 4 nitrogen and oxygen atoms in total. The summed E-state index contributed by atoms with van der Waals surface area (Å²) in [7, 11) is 1.25. The van der Waals surface area contributed by atoms with E-state index in [1.54, 1.807) is 18.2 Å². The Hall–Kier alpha value is -1.68. The van der Waals surface area contributed by atoms with Crippen molar-refractivity contribution in [3.8, 4) is 5.75 Å². The fourth-order valence-electron chi connectivity index (χ4n) is 1.40. The largest absolute Gasteiger partial charge is 0.505 e. The van der Waals surface area contributed by atoms with Crippen LogP contribution in [0.5, 0.6) is 5.75 Å². The SMILES string of the molecule is COC(=O)c1[nH]c2cc(Cl)ccc2c1O. The van der Waals surface area contributed by atoms with Crippen LogP contribution in [0.1, 0.15) is 10.5 Å². The van der Waals surface area contributed by atoms with Gasteiger partial charge in [-0.25, -0.2) is 4.79 Å². The zero-order valence-corrected chi connectivity index (χ0v) is 8.63. The van der Waals surface area contributed by atoms with E-state index in [-0.39, 0.29) is 11.4 Å². The number of benzene rings is 1. The van der Waals surface area contributed by atoms with E-state index in [1.807, 2.05) is 0 Å². The second kappa shape index (κ2) is 3.47. The third kappa shape index (κ3) is 1.53. The molecule has 2 aromatic rings. The second-order valence-corrected chi connectivity index (χ2v) is 3.47. The van der Waals surface area contributed by atoms with Crippen LogP contribution in [0.3, 0.4) is 0 Å². The number of nitrogens with one attached hydrogen (secondary N) is 1. The van der Waals surface area contributed by atoms with Crippen molar-refractivity contribution in [2.75, 3.05) is 7.11 Å². The van der Waals surface area contributed by atoms with Gasteiger partial charge in [0.15, 0.2) is 11.4 Å². The molecule has 0 aliphatic heterocycles. The first-order valence-corrected chi connectivity index (χ1v) is 4.60. The number of aromatic hydroxyl groups is 1. The number of aromatic nitrogens is 1. The summed E-state index contributed by atoms with van der Waals surface area (Å²) in [6, 6.07) is 4.90. The minimum atomic E-state index is -0.611. The van der Waals surface area contributed by atoms with Gasteiger partial charge in [-0.1, -0.05) is 11.6 Å². The van der Waals surface area contributed by atoms with E-state index in [4.69, 9.17) is 11.6 Å². The predicted octanol–water partition coefficient (Wildman–Crippen LogP) is 2.31. The molecule has 0 saturated carbocycles. The summed E-state index contributed by atoms with van der Waals surface area (Å²) in [6.07, 6.45) is 0. The van der Waals surface area contributed by atoms with Gasteiger partial charge in [0.2, 0.25) is 0 Å². The van der Waals surface area contributed by atoms with Gasteiger partial charge in [0.1, 0.15) is 0 Å². The summed E-state index contributed by atoms with van der Waals surface area (Å²) in [6.45, 7) is 0. The van der Waals surface area contributed by atoms with Gasteiger partial charge in [-0.15, -0.1) is 0 Å². The lowest BCUT2D eigenvalue weighted by Gasteiger charge is -1.94. The molecule has 0 radical (unpaired) electrons. The van der Waals surface area contributed by atoms with Gasteiger partial charge >= 0.3 is 5.97 Å². The zero-order valence-electron chi connectivity index (χ0n) is 7.87. The normalized spacial score (nSPS) is 10.5. The maximum atomic E-state index is 11.2. The van der Waals surface area contributed by atoms with Crippen LogP contribution in [-0.4, -0.2) is 23.2 Å². The summed E-state index contributed by atoms with van der Waals surface area (Å²) in [4.78, 5) is 14.0. The highest BCUT2D eigenvalue weighted by molar-refractivity contribution is 6.31. The van der Waals surface area contributed by atoms with Crippen molar-refractivity contribution in [2.24, 2.45) is 0 Å². The zero-order chi connectivity index (χ0) is 11.0. The summed E-state index contributed by atoms with van der Waals surface area (Å²) in [5.74, 6) is -0.728. The van der Waals surface area contributed by atoms with Crippen LogP contribution >= 0.6 is 11.6 Å². The van der Waals surface area contributed by atoms with Crippen molar-refractivity contribution in [3.63, 3.8) is 0 Å². The highest BCUT2D eigenvalue weighted by Gasteiger charge is 2.17. The van der Waals surface area contributed by atoms with E-state index in [0.29, 0.717) is 15.9 Å². The number of methoxy groups -OCH3 is 1. The Balaban J connectivity index is 2.69. The molecule has 0 bridgehead atoms. The minimum absolute atomic E-state index is 0.0368. The number of rotatable bonds is 1. The molecule has 0 aliphatic carbocycles. The molecule has 0 aliphatic rings. The first kappa shape index (κ1) is 9.86. The molecule has 78 valence electrons. The average molecular weight is 226 g/mol. The van der Waals surface area contributed by atoms with Crippen LogP contribution < -0.4 is 0 Å². The summed E-state index contributed by atoms with van der Waals surface area (Å²) < 4.78 is 4.51. The van der Waals surface area contributed by atoms with Gasteiger partial charge in [-0.05, 0) is 18.2 Å². The van der Waals surface area contributed by atoms with Crippen molar-refractivity contribution in [1.29, 1.82) is 0 Å². The van der Waals surface area contributed by atoms with Crippen molar-refractivity contribution < 1.29 is 14.6 Å². The number of aromatic amines is 1. The fourth-order valence-corrected chi connectivity index (χ4v) is 1.58. The van der Waals surface area contributed by atoms with Crippen LogP contribution in [0.25, 0.3) is 10.9 Å². The number of H-pyrrole nitrogens is 1. The van der Waals surface area contributed by atoms with E-state index in [0.717, 1.165) is 0 Å². The molecule has 0 spiro atoms. The summed E-state index contributed by atoms with van der Waals surface area (Å²) in [5.41, 5.74) is 0.634. The number of esters is 1. The lowest BCUT2D eigenvalue weighted by Crippen LogP contribution is -2.01. The highest BCUT2D eigenvalue weighted by atomic mass is 35.5. The molecule has 0 atom stereocenters. The Bertz CT molecular complexity index is 533. The number of halogens is 1. The van der Waals surface area contributed by atoms with Crippen LogP contribution in [0, 0.1) is 0 Å². The molecule has 1 aromatic heterocycles. The monoisotopic (exact) mass is 225 g/mol. The number of hydrogen-bond donors (Lipinski definition) is 2. The van der Waals surface area contributed by atoms with Crippen LogP contribution in [-0.2, 0) is 4.74 Å². The molecule has 0 amide bonds. The molecule has 15 heavy (non-hydrogen) atoms. The van der Waals surface area contributed by atoms with Gasteiger partial charge in [0, 0.05) is 10.4 Å². The maximum Gasteiger partial charge on any atom is 0.358 e. The molecule has 0 saturated heterocycles. The van der Waals surface area contributed by atoms with Gasteiger partial charge in [-0.2, -0.15) is 0 Å². The van der Waals surface area contributed by atoms with Crippen molar-refractivity contribution in [3.05, 3.63) is 28.9 Å². The fraction of sp³-hybridized carbons (Fsp3) is 0.100. The van der Waals surface area contributed by atoms with E-state index in [1.165, 1.54) is 7.11 Å². The summed E-state index contributed by atoms with van der Waals surface area (Å²) >= 11 is 5.78. The smallest absolute Gasteiger partial charge is 0.358 e. The Labute approximate surface area is 90.4 Å². The lowest BCUT2D eigenvalue weighted by atomic mass is 10.2. The quantitative estimate of drug-likeness (QED) is 0.732. The molecule has 2 N–H and O–H groups in total. The molecular formula is C10H8ClNO3. The van der Waals surface area contributed by atoms with Crippen molar-refractivity contribution >= 4 is 28.5 Å². The summed E-state index contributed by atoms with van der Waals surface area (Å²) in [5, 5.41) is 10.8. The number of carbonyl (C=O) groups is 1. The third-order valence-corrected chi connectivity index (χ3v) is 2.36. The number of fused-ring (bicyclic) bond motifs is 1. The van der Waals surface area contributed by atoms with Crippen molar-refractivity contribution in [1.82, 2.24) is 4.98 Å². The van der Waals surface area contributed by atoms with Crippen LogP contribution in [0.4, 0.5) is 0 Å². The second-order valence-electron chi connectivity index (χ2n) is 3.03. The van der Waals surface area contributed by atoms with Gasteiger partial charge in [0.25, 0.3) is 0 Å². The molecular weight excluding hydrogens is 218 g/mol. The number of hydrogen-bond acceptors (Lipinski definition) is 3. The van der Waals surface area contributed by atoms with Gasteiger partial charge in [0.05, 0.1) is 12.6 Å². The van der Waals surface area contributed by atoms with Crippen LogP contribution in [0.15, 0.2) is 18.2 Å². The molecule has 0 fully saturated rings. The standard InChI is InChI=1S/C10H8ClNO3/c1-15-10(14)8-9(13)6-3-2-5(11)4-7(6)12-8/h2-4,12-13H,1H3. The van der Waals surface area contributed by atoms with E-state index >= 15 is 0 Å². The molecule has 0 unspecified atom stereocenters. The van der Waals surface area contributed by atoms with Gasteiger partial charge in [-0.3, -0.25) is 0 Å². The Morgan fingerprint density at radius 2 is 2.27 bits per heavy atom. The van der Waals surface area contributed by atoms with E-state index in [9.17, 15) is 9.90 Å². The minimum Gasteiger partial charge on any atom is -0.505 e.